The Labute approximate surface area is 117 Å². The number of allylic oxidation sites excluding steroid dienone is 2. The Morgan fingerprint density at radius 2 is 2.05 bits per heavy atom. The van der Waals surface area contributed by atoms with Gasteiger partial charge in [0.15, 0.2) is 5.06 Å². The van der Waals surface area contributed by atoms with Crippen molar-refractivity contribution in [1.82, 2.24) is 0 Å². The zero-order chi connectivity index (χ0) is 13.9. The van der Waals surface area contributed by atoms with Gasteiger partial charge in [-0.1, -0.05) is 54.1 Å². The maximum Gasteiger partial charge on any atom is 0.334 e. The van der Waals surface area contributed by atoms with E-state index in [4.69, 9.17) is 16.3 Å². The van der Waals surface area contributed by atoms with Gasteiger partial charge >= 0.3 is 5.97 Å². The number of halogens is 1. The topological polar surface area (TPSA) is 46.5 Å². The van der Waals surface area contributed by atoms with Crippen molar-refractivity contribution in [3.05, 3.63) is 53.6 Å². The molecule has 0 saturated heterocycles. The second-order valence-electron chi connectivity index (χ2n) is 4.29. The first-order valence-corrected chi connectivity index (χ1v) is 6.47. The molecule has 0 amide bonds. The van der Waals surface area contributed by atoms with Crippen molar-refractivity contribution in [3.63, 3.8) is 0 Å². The Hall–Kier alpha value is -1.58. The second kappa shape index (κ2) is 5.59. The van der Waals surface area contributed by atoms with Crippen molar-refractivity contribution in [2.24, 2.45) is 0 Å². The minimum absolute atomic E-state index is 0.0358. The highest BCUT2D eigenvalue weighted by Gasteiger charge is 2.35. The van der Waals surface area contributed by atoms with Gasteiger partial charge in [0.05, 0.1) is 6.61 Å². The normalized spacial score (nSPS) is 22.5. The number of rotatable bonds is 3. The van der Waals surface area contributed by atoms with Crippen LogP contribution in [0.15, 0.2) is 48.1 Å². The van der Waals surface area contributed by atoms with E-state index in [0.717, 1.165) is 5.56 Å². The Bertz CT molecular complexity index is 530. The molecule has 0 spiro atoms. The van der Waals surface area contributed by atoms with Crippen molar-refractivity contribution in [2.75, 3.05) is 6.61 Å². The lowest BCUT2D eigenvalue weighted by Gasteiger charge is -2.28. The second-order valence-corrected chi connectivity index (χ2v) is 4.92. The fourth-order valence-corrected chi connectivity index (χ4v) is 2.33. The van der Waals surface area contributed by atoms with Crippen molar-refractivity contribution in [3.8, 4) is 0 Å². The van der Waals surface area contributed by atoms with Crippen LogP contribution in [0, 0.1) is 0 Å². The van der Waals surface area contributed by atoms with Crippen LogP contribution in [0.4, 0.5) is 0 Å². The van der Waals surface area contributed by atoms with E-state index < -0.39 is 11.0 Å². The molecule has 100 valence electrons. The van der Waals surface area contributed by atoms with E-state index in [0.29, 0.717) is 17.8 Å². The van der Waals surface area contributed by atoms with Crippen LogP contribution in [0.3, 0.4) is 0 Å². The highest BCUT2D eigenvalue weighted by molar-refractivity contribution is 6.29. The summed E-state index contributed by atoms with van der Waals surface area (Å²) in [4.78, 5) is 11.6. The zero-order valence-corrected chi connectivity index (χ0v) is 11.4. The van der Waals surface area contributed by atoms with Crippen LogP contribution in [-0.4, -0.2) is 22.7 Å². The Balaban J connectivity index is 2.33. The number of benzene rings is 1. The molecule has 1 N–H and O–H groups in total. The van der Waals surface area contributed by atoms with Crippen LogP contribution in [0.2, 0.25) is 0 Å². The number of esters is 1. The quantitative estimate of drug-likeness (QED) is 0.683. The fourth-order valence-electron chi connectivity index (χ4n) is 2.02. The van der Waals surface area contributed by atoms with Crippen LogP contribution in [0.1, 0.15) is 18.9 Å². The molecule has 19 heavy (non-hydrogen) atoms. The Kier molecular flexibility index (Phi) is 4.08. The summed E-state index contributed by atoms with van der Waals surface area (Å²) in [6.07, 6.45) is 3.35. The molecule has 0 saturated carbocycles. The zero-order valence-electron chi connectivity index (χ0n) is 10.6. The van der Waals surface area contributed by atoms with Crippen molar-refractivity contribution in [1.29, 1.82) is 0 Å². The van der Waals surface area contributed by atoms with Crippen molar-refractivity contribution < 1.29 is 14.6 Å². The van der Waals surface area contributed by atoms with Gasteiger partial charge in [0, 0.05) is 17.6 Å². The van der Waals surface area contributed by atoms with Crippen molar-refractivity contribution >= 4 is 23.1 Å². The van der Waals surface area contributed by atoms with E-state index >= 15 is 0 Å². The minimum Gasteiger partial charge on any atom is -0.463 e. The summed E-state index contributed by atoms with van der Waals surface area (Å²) in [5, 5.41) is 8.74. The standard InChI is InChI=1S/C15H15ClO3/c1-2-19-14(17)12-8-9-13(15(16,18)10-12)11-6-4-3-5-7-11/h3-9,18H,2,10H2,1H3. The number of hydrogen-bond acceptors (Lipinski definition) is 3. The summed E-state index contributed by atoms with van der Waals surface area (Å²) in [6, 6.07) is 9.35. The third-order valence-corrected chi connectivity index (χ3v) is 3.25. The van der Waals surface area contributed by atoms with Crippen molar-refractivity contribution in [2.45, 2.75) is 18.4 Å². The molecule has 0 bridgehead atoms. The maximum absolute atomic E-state index is 11.6. The molecular weight excluding hydrogens is 264 g/mol. The molecule has 1 aliphatic carbocycles. The highest BCUT2D eigenvalue weighted by atomic mass is 35.5. The third kappa shape index (κ3) is 3.06. The van der Waals surface area contributed by atoms with Gasteiger partial charge in [-0.05, 0) is 12.5 Å². The summed E-state index contributed by atoms with van der Waals surface area (Å²) in [5.74, 6) is -0.440. The van der Waals surface area contributed by atoms with E-state index in [2.05, 4.69) is 0 Å². The predicted molar refractivity (Wildman–Crippen MR) is 74.6 cm³/mol. The van der Waals surface area contributed by atoms with E-state index in [1.807, 2.05) is 30.3 Å². The Morgan fingerprint density at radius 3 is 2.63 bits per heavy atom. The van der Waals surface area contributed by atoms with Crippen LogP contribution >= 0.6 is 11.6 Å². The number of aliphatic hydroxyl groups is 1. The summed E-state index contributed by atoms with van der Waals surface area (Å²) >= 11 is 6.15. The van der Waals surface area contributed by atoms with Gasteiger partial charge in [-0.2, -0.15) is 0 Å². The molecule has 1 aromatic rings. The smallest absolute Gasteiger partial charge is 0.334 e. The van der Waals surface area contributed by atoms with E-state index in [1.54, 1.807) is 19.1 Å². The molecule has 1 aliphatic rings. The number of alkyl halides is 1. The molecule has 0 fully saturated rings. The van der Waals surface area contributed by atoms with Crippen LogP contribution in [0.25, 0.3) is 5.57 Å². The van der Waals surface area contributed by atoms with Crippen LogP contribution < -0.4 is 0 Å². The largest absolute Gasteiger partial charge is 0.463 e. The monoisotopic (exact) mass is 278 g/mol. The Morgan fingerprint density at radius 1 is 1.37 bits per heavy atom. The highest BCUT2D eigenvalue weighted by Crippen LogP contribution is 2.39. The molecule has 4 heteroatoms. The van der Waals surface area contributed by atoms with E-state index in [1.165, 1.54) is 0 Å². The maximum atomic E-state index is 11.6. The predicted octanol–water partition coefficient (Wildman–Crippen LogP) is 2.89. The van der Waals surface area contributed by atoms with Gasteiger partial charge in [0.2, 0.25) is 0 Å². The third-order valence-electron chi connectivity index (χ3n) is 2.91. The molecule has 0 aliphatic heterocycles. The van der Waals surface area contributed by atoms with Gasteiger partial charge in [0.25, 0.3) is 0 Å². The number of carbonyl (C=O) groups is 1. The average molecular weight is 279 g/mol. The molecule has 1 aromatic carbocycles. The first kappa shape index (κ1) is 13.8. The van der Waals surface area contributed by atoms with Gasteiger partial charge < -0.3 is 9.84 Å². The van der Waals surface area contributed by atoms with E-state index in [-0.39, 0.29) is 6.42 Å². The van der Waals surface area contributed by atoms with Gasteiger partial charge in [0.1, 0.15) is 0 Å². The number of hydrogen-bond donors (Lipinski definition) is 1. The van der Waals surface area contributed by atoms with Crippen LogP contribution in [-0.2, 0) is 9.53 Å². The molecule has 0 radical (unpaired) electrons. The first-order chi connectivity index (χ1) is 9.04. The average Bonchev–Trinajstić information content (AvgIpc) is 2.39. The molecule has 1 unspecified atom stereocenters. The lowest BCUT2D eigenvalue weighted by atomic mass is 9.90. The summed E-state index contributed by atoms with van der Waals surface area (Å²) in [6.45, 7) is 2.03. The molecule has 0 heterocycles. The molecule has 0 aromatic heterocycles. The van der Waals surface area contributed by atoms with Gasteiger partial charge in [-0.15, -0.1) is 0 Å². The molecule has 1 atom stereocenters. The SMILES string of the molecule is CCOC(=O)C1=CC=C(c2ccccc2)C(O)(Cl)C1. The van der Waals surface area contributed by atoms with Crippen LogP contribution in [0.5, 0.6) is 0 Å². The number of ether oxygens (including phenoxy) is 1. The molecule has 3 nitrogen and oxygen atoms in total. The van der Waals surface area contributed by atoms with Gasteiger partial charge in [-0.25, -0.2) is 4.79 Å². The summed E-state index contributed by atoms with van der Waals surface area (Å²) in [5.41, 5.74) is 1.79. The minimum atomic E-state index is -1.59. The molecular formula is C15H15ClO3. The molecule has 2 rings (SSSR count). The summed E-state index contributed by atoms with van der Waals surface area (Å²) < 4.78 is 4.91. The first-order valence-electron chi connectivity index (χ1n) is 6.10. The number of carbonyl (C=O) groups excluding carboxylic acids is 1. The summed E-state index contributed by atoms with van der Waals surface area (Å²) in [7, 11) is 0. The lowest BCUT2D eigenvalue weighted by Crippen LogP contribution is -2.28. The fraction of sp³-hybridized carbons (Fsp3) is 0.267. The van der Waals surface area contributed by atoms with E-state index in [9.17, 15) is 9.90 Å². The van der Waals surface area contributed by atoms with Gasteiger partial charge in [-0.3, -0.25) is 0 Å². The lowest BCUT2D eigenvalue weighted by molar-refractivity contribution is -0.139.